The molecule has 14 heavy (non-hydrogen) atoms. The van der Waals surface area contributed by atoms with Gasteiger partial charge in [-0.2, -0.15) is 0 Å². The highest BCUT2D eigenvalue weighted by Gasteiger charge is 2.17. The SMILES string of the molecule is Cc1nc2c(n1CCC=O)CCCC2. The van der Waals surface area contributed by atoms with Gasteiger partial charge in [-0.1, -0.05) is 0 Å². The molecular formula is C11H16N2O. The summed E-state index contributed by atoms with van der Waals surface area (Å²) in [6, 6.07) is 0. The van der Waals surface area contributed by atoms with Gasteiger partial charge in [0.05, 0.1) is 5.69 Å². The molecule has 0 spiro atoms. The van der Waals surface area contributed by atoms with Gasteiger partial charge >= 0.3 is 0 Å². The Labute approximate surface area is 84.1 Å². The van der Waals surface area contributed by atoms with Crippen molar-refractivity contribution in [3.05, 3.63) is 17.2 Å². The van der Waals surface area contributed by atoms with Gasteiger partial charge in [-0.05, 0) is 32.6 Å². The van der Waals surface area contributed by atoms with Crippen molar-refractivity contribution in [3.8, 4) is 0 Å². The van der Waals surface area contributed by atoms with E-state index in [9.17, 15) is 4.79 Å². The van der Waals surface area contributed by atoms with Crippen LogP contribution < -0.4 is 0 Å². The fourth-order valence-corrected chi connectivity index (χ4v) is 2.21. The monoisotopic (exact) mass is 192 g/mol. The van der Waals surface area contributed by atoms with Crippen molar-refractivity contribution in [2.45, 2.75) is 45.6 Å². The number of imidazole rings is 1. The van der Waals surface area contributed by atoms with Crippen LogP contribution in [0.5, 0.6) is 0 Å². The zero-order chi connectivity index (χ0) is 9.97. The predicted molar refractivity (Wildman–Crippen MR) is 54.3 cm³/mol. The third-order valence-corrected chi connectivity index (χ3v) is 2.89. The summed E-state index contributed by atoms with van der Waals surface area (Å²) in [7, 11) is 0. The van der Waals surface area contributed by atoms with Gasteiger partial charge in [0.2, 0.25) is 0 Å². The molecule has 1 aromatic rings. The van der Waals surface area contributed by atoms with E-state index in [0.29, 0.717) is 6.42 Å². The number of aromatic nitrogens is 2. The Hall–Kier alpha value is -1.12. The lowest BCUT2D eigenvalue weighted by Gasteiger charge is -2.13. The minimum Gasteiger partial charge on any atom is -0.332 e. The summed E-state index contributed by atoms with van der Waals surface area (Å²) in [4.78, 5) is 14.9. The van der Waals surface area contributed by atoms with Crippen LogP contribution in [0.3, 0.4) is 0 Å². The highest BCUT2D eigenvalue weighted by Crippen LogP contribution is 2.21. The van der Waals surface area contributed by atoms with Crippen molar-refractivity contribution in [3.63, 3.8) is 0 Å². The van der Waals surface area contributed by atoms with Crippen molar-refractivity contribution in [1.82, 2.24) is 9.55 Å². The maximum atomic E-state index is 10.3. The molecule has 0 aromatic carbocycles. The quantitative estimate of drug-likeness (QED) is 0.683. The van der Waals surface area contributed by atoms with Gasteiger partial charge in [-0.15, -0.1) is 0 Å². The lowest BCUT2D eigenvalue weighted by atomic mass is 10.0. The Morgan fingerprint density at radius 2 is 2.21 bits per heavy atom. The van der Waals surface area contributed by atoms with Crippen LogP contribution in [0.25, 0.3) is 0 Å². The molecule has 1 aliphatic carbocycles. The molecule has 76 valence electrons. The Morgan fingerprint density at radius 1 is 1.43 bits per heavy atom. The molecule has 0 radical (unpaired) electrons. The first kappa shape index (κ1) is 9.44. The molecule has 3 nitrogen and oxygen atoms in total. The molecule has 0 saturated heterocycles. The van der Waals surface area contributed by atoms with Gasteiger partial charge in [-0.3, -0.25) is 0 Å². The minimum absolute atomic E-state index is 0.601. The molecule has 0 fully saturated rings. The van der Waals surface area contributed by atoms with Crippen molar-refractivity contribution >= 4 is 6.29 Å². The predicted octanol–water partition coefficient (Wildman–Crippen LogP) is 1.66. The van der Waals surface area contributed by atoms with Crippen molar-refractivity contribution in [2.24, 2.45) is 0 Å². The molecule has 1 aliphatic rings. The number of aldehydes is 1. The lowest BCUT2D eigenvalue weighted by molar-refractivity contribution is -0.108. The summed E-state index contributed by atoms with van der Waals surface area (Å²) in [5.41, 5.74) is 2.63. The molecule has 2 rings (SSSR count). The first-order chi connectivity index (χ1) is 6.83. The molecule has 0 amide bonds. The van der Waals surface area contributed by atoms with Gasteiger partial charge < -0.3 is 9.36 Å². The number of nitrogens with zero attached hydrogens (tertiary/aromatic N) is 2. The van der Waals surface area contributed by atoms with E-state index in [0.717, 1.165) is 31.5 Å². The van der Waals surface area contributed by atoms with Crippen molar-refractivity contribution in [1.29, 1.82) is 0 Å². The van der Waals surface area contributed by atoms with Gasteiger partial charge in [0.25, 0.3) is 0 Å². The minimum atomic E-state index is 0.601. The largest absolute Gasteiger partial charge is 0.332 e. The molecule has 1 heterocycles. The second kappa shape index (κ2) is 3.95. The highest BCUT2D eigenvalue weighted by molar-refractivity contribution is 5.49. The summed E-state index contributed by atoms with van der Waals surface area (Å²) in [6.45, 7) is 2.83. The summed E-state index contributed by atoms with van der Waals surface area (Å²) < 4.78 is 2.21. The summed E-state index contributed by atoms with van der Waals surface area (Å²) in [6.07, 6.45) is 6.36. The van der Waals surface area contributed by atoms with E-state index < -0.39 is 0 Å². The van der Waals surface area contributed by atoms with E-state index in [-0.39, 0.29) is 0 Å². The van der Waals surface area contributed by atoms with E-state index in [1.54, 1.807) is 0 Å². The third-order valence-electron chi connectivity index (χ3n) is 2.89. The van der Waals surface area contributed by atoms with Gasteiger partial charge in [0, 0.05) is 18.7 Å². The van der Waals surface area contributed by atoms with Gasteiger partial charge in [0.1, 0.15) is 12.1 Å². The molecule has 0 saturated carbocycles. The zero-order valence-corrected chi connectivity index (χ0v) is 8.62. The Balaban J connectivity index is 2.28. The second-order valence-corrected chi connectivity index (χ2v) is 3.87. The number of hydrogen-bond acceptors (Lipinski definition) is 2. The zero-order valence-electron chi connectivity index (χ0n) is 8.62. The maximum absolute atomic E-state index is 10.3. The third kappa shape index (κ3) is 1.59. The standard InChI is InChI=1S/C11H16N2O/c1-9-12-10-5-2-3-6-11(10)13(9)7-4-8-14/h8H,2-7H2,1H3. The Bertz CT molecular complexity index is 341. The normalized spacial score (nSPS) is 15.2. The smallest absolute Gasteiger partial charge is 0.121 e. The summed E-state index contributed by atoms with van der Waals surface area (Å²) in [5.74, 6) is 1.07. The van der Waals surface area contributed by atoms with Crippen LogP contribution in [0.15, 0.2) is 0 Å². The highest BCUT2D eigenvalue weighted by atomic mass is 16.1. The first-order valence-corrected chi connectivity index (χ1v) is 5.31. The molecule has 0 atom stereocenters. The summed E-state index contributed by atoms with van der Waals surface area (Å²) >= 11 is 0. The van der Waals surface area contributed by atoms with Crippen LogP contribution in [0.2, 0.25) is 0 Å². The molecule has 0 unspecified atom stereocenters. The van der Waals surface area contributed by atoms with E-state index in [1.165, 1.54) is 24.2 Å². The van der Waals surface area contributed by atoms with E-state index in [1.807, 2.05) is 6.92 Å². The van der Waals surface area contributed by atoms with Crippen LogP contribution in [0.4, 0.5) is 0 Å². The van der Waals surface area contributed by atoms with Crippen LogP contribution >= 0.6 is 0 Å². The number of rotatable bonds is 3. The molecule has 0 bridgehead atoms. The van der Waals surface area contributed by atoms with Crippen LogP contribution in [-0.4, -0.2) is 15.8 Å². The average Bonchev–Trinajstić information content (AvgIpc) is 2.51. The topological polar surface area (TPSA) is 34.9 Å². The Kier molecular flexibility index (Phi) is 2.66. The van der Waals surface area contributed by atoms with E-state index >= 15 is 0 Å². The van der Waals surface area contributed by atoms with Crippen molar-refractivity contribution in [2.75, 3.05) is 0 Å². The van der Waals surface area contributed by atoms with E-state index in [4.69, 9.17) is 0 Å². The number of carbonyl (C=O) groups excluding carboxylic acids is 1. The fraction of sp³-hybridized carbons (Fsp3) is 0.636. The Morgan fingerprint density at radius 3 is 3.00 bits per heavy atom. The fourth-order valence-electron chi connectivity index (χ4n) is 2.21. The molecule has 3 heteroatoms. The van der Waals surface area contributed by atoms with Crippen LogP contribution in [-0.2, 0) is 24.2 Å². The number of hydrogen-bond donors (Lipinski definition) is 0. The maximum Gasteiger partial charge on any atom is 0.121 e. The van der Waals surface area contributed by atoms with Crippen LogP contribution in [0.1, 0.15) is 36.5 Å². The van der Waals surface area contributed by atoms with Crippen molar-refractivity contribution < 1.29 is 4.79 Å². The number of aryl methyl sites for hydroxylation is 2. The van der Waals surface area contributed by atoms with E-state index in [2.05, 4.69) is 9.55 Å². The molecule has 0 aliphatic heterocycles. The number of carbonyl (C=O) groups is 1. The lowest BCUT2D eigenvalue weighted by Crippen LogP contribution is -2.09. The molecule has 0 N–H and O–H groups in total. The molecule has 1 aromatic heterocycles. The van der Waals surface area contributed by atoms with Gasteiger partial charge in [0.15, 0.2) is 0 Å². The summed E-state index contributed by atoms with van der Waals surface area (Å²) in [5, 5.41) is 0. The van der Waals surface area contributed by atoms with Crippen LogP contribution in [0, 0.1) is 6.92 Å². The number of fused-ring (bicyclic) bond motifs is 1. The first-order valence-electron chi connectivity index (χ1n) is 5.31. The van der Waals surface area contributed by atoms with Gasteiger partial charge in [-0.25, -0.2) is 4.98 Å². The average molecular weight is 192 g/mol. The molecular weight excluding hydrogens is 176 g/mol. The second-order valence-electron chi connectivity index (χ2n) is 3.87.